The zero-order valence-electron chi connectivity index (χ0n) is 12.7. The van der Waals surface area contributed by atoms with Crippen LogP contribution in [0.1, 0.15) is 42.6 Å². The summed E-state index contributed by atoms with van der Waals surface area (Å²) < 4.78 is 0. The third-order valence-corrected chi connectivity index (χ3v) is 3.74. The normalized spacial score (nSPS) is 14.0. The minimum absolute atomic E-state index is 0.0275. The number of anilines is 1. The number of rotatable bonds is 6. The number of nitrogens with one attached hydrogen (secondary N) is 3. The highest BCUT2D eigenvalue weighted by Gasteiger charge is 2.13. The Kier molecular flexibility index (Phi) is 5.20. The molecule has 3 N–H and O–H groups in total. The van der Waals surface area contributed by atoms with E-state index in [0.29, 0.717) is 18.5 Å². The second-order valence-corrected chi connectivity index (χ2v) is 5.43. The SMILES string of the molecule is CCC(C)NC(=O)CCNC(=O)c1ccc2c(c1)NCC2. The van der Waals surface area contributed by atoms with E-state index in [-0.39, 0.29) is 17.9 Å². The topological polar surface area (TPSA) is 70.2 Å². The van der Waals surface area contributed by atoms with Crippen molar-refractivity contribution in [1.29, 1.82) is 0 Å². The zero-order valence-corrected chi connectivity index (χ0v) is 12.7. The molecule has 0 aliphatic carbocycles. The van der Waals surface area contributed by atoms with E-state index in [9.17, 15) is 9.59 Å². The molecule has 1 aromatic rings. The van der Waals surface area contributed by atoms with Gasteiger partial charge in [-0.25, -0.2) is 0 Å². The summed E-state index contributed by atoms with van der Waals surface area (Å²) in [4.78, 5) is 23.6. The van der Waals surface area contributed by atoms with Crippen LogP contribution in [0.15, 0.2) is 18.2 Å². The fourth-order valence-electron chi connectivity index (χ4n) is 2.27. The summed E-state index contributed by atoms with van der Waals surface area (Å²) in [6.07, 6.45) is 2.21. The molecule has 114 valence electrons. The van der Waals surface area contributed by atoms with Crippen LogP contribution >= 0.6 is 0 Å². The minimum atomic E-state index is -0.136. The van der Waals surface area contributed by atoms with Crippen molar-refractivity contribution in [1.82, 2.24) is 10.6 Å². The molecule has 1 aromatic carbocycles. The summed E-state index contributed by atoms with van der Waals surface area (Å²) in [5.41, 5.74) is 2.92. The van der Waals surface area contributed by atoms with E-state index in [1.807, 2.05) is 32.0 Å². The van der Waals surface area contributed by atoms with Gasteiger partial charge in [0.25, 0.3) is 5.91 Å². The molecule has 5 heteroatoms. The van der Waals surface area contributed by atoms with Crippen molar-refractivity contribution in [3.8, 4) is 0 Å². The van der Waals surface area contributed by atoms with Crippen molar-refractivity contribution in [2.24, 2.45) is 0 Å². The standard InChI is InChI=1S/C16H23N3O2/c1-3-11(2)19-15(20)7-9-18-16(21)13-5-4-12-6-8-17-14(12)10-13/h4-5,10-11,17H,3,6-9H2,1-2H3,(H,18,21)(H,19,20). The number of benzene rings is 1. The first kappa shape index (κ1) is 15.4. The highest BCUT2D eigenvalue weighted by Crippen LogP contribution is 2.23. The van der Waals surface area contributed by atoms with E-state index in [4.69, 9.17) is 0 Å². The number of fused-ring (bicyclic) bond motifs is 1. The summed E-state index contributed by atoms with van der Waals surface area (Å²) >= 11 is 0. The first-order valence-electron chi connectivity index (χ1n) is 7.54. The van der Waals surface area contributed by atoms with Crippen molar-refractivity contribution in [3.05, 3.63) is 29.3 Å². The first-order chi connectivity index (χ1) is 10.1. The largest absolute Gasteiger partial charge is 0.384 e. The molecule has 1 heterocycles. The average molecular weight is 289 g/mol. The molecule has 0 aromatic heterocycles. The lowest BCUT2D eigenvalue weighted by molar-refractivity contribution is -0.121. The van der Waals surface area contributed by atoms with Gasteiger partial charge in [-0.15, -0.1) is 0 Å². The van der Waals surface area contributed by atoms with Gasteiger partial charge in [0.15, 0.2) is 0 Å². The number of amides is 2. The van der Waals surface area contributed by atoms with Gasteiger partial charge in [-0.3, -0.25) is 9.59 Å². The van der Waals surface area contributed by atoms with Gasteiger partial charge < -0.3 is 16.0 Å². The molecule has 1 aliphatic heterocycles. The van der Waals surface area contributed by atoms with Crippen molar-refractivity contribution < 1.29 is 9.59 Å². The predicted molar refractivity (Wildman–Crippen MR) is 83.5 cm³/mol. The van der Waals surface area contributed by atoms with Gasteiger partial charge in [0.2, 0.25) is 5.91 Å². The summed E-state index contributed by atoms with van der Waals surface area (Å²) in [5, 5.41) is 8.92. The molecule has 0 bridgehead atoms. The molecule has 5 nitrogen and oxygen atoms in total. The molecule has 0 spiro atoms. The van der Waals surface area contributed by atoms with E-state index in [2.05, 4.69) is 16.0 Å². The van der Waals surface area contributed by atoms with Crippen LogP contribution < -0.4 is 16.0 Å². The first-order valence-corrected chi connectivity index (χ1v) is 7.54. The van der Waals surface area contributed by atoms with Gasteiger partial charge in [-0.05, 0) is 37.5 Å². The highest BCUT2D eigenvalue weighted by atomic mass is 16.2. The Balaban J connectivity index is 1.78. The van der Waals surface area contributed by atoms with E-state index in [1.165, 1.54) is 5.56 Å². The van der Waals surface area contributed by atoms with Gasteiger partial charge in [0, 0.05) is 36.8 Å². The molecule has 1 atom stereocenters. The van der Waals surface area contributed by atoms with E-state index in [0.717, 1.165) is 25.1 Å². The molecule has 0 radical (unpaired) electrons. The van der Waals surface area contributed by atoms with E-state index < -0.39 is 0 Å². The maximum absolute atomic E-state index is 12.0. The Morgan fingerprint density at radius 1 is 1.38 bits per heavy atom. The second kappa shape index (κ2) is 7.11. The maximum Gasteiger partial charge on any atom is 0.251 e. The van der Waals surface area contributed by atoms with Crippen molar-refractivity contribution in [3.63, 3.8) is 0 Å². The van der Waals surface area contributed by atoms with Gasteiger partial charge >= 0.3 is 0 Å². The maximum atomic E-state index is 12.0. The number of hydrogen-bond acceptors (Lipinski definition) is 3. The lowest BCUT2D eigenvalue weighted by atomic mass is 10.1. The van der Waals surface area contributed by atoms with Crippen LogP contribution in [-0.4, -0.2) is 30.9 Å². The lowest BCUT2D eigenvalue weighted by Crippen LogP contribution is -2.35. The molecule has 0 saturated heterocycles. The molecule has 0 saturated carbocycles. The van der Waals surface area contributed by atoms with E-state index in [1.54, 1.807) is 0 Å². The van der Waals surface area contributed by atoms with Crippen LogP contribution in [-0.2, 0) is 11.2 Å². The smallest absolute Gasteiger partial charge is 0.251 e. The molecule has 0 fully saturated rings. The lowest BCUT2D eigenvalue weighted by Gasteiger charge is -2.11. The molecule has 2 amide bonds. The quantitative estimate of drug-likeness (QED) is 0.746. The Hall–Kier alpha value is -2.04. The molecule has 1 unspecified atom stereocenters. The summed E-state index contributed by atoms with van der Waals surface area (Å²) in [7, 11) is 0. The van der Waals surface area contributed by atoms with Gasteiger partial charge in [-0.1, -0.05) is 13.0 Å². The van der Waals surface area contributed by atoms with Crippen LogP contribution in [0.4, 0.5) is 5.69 Å². The summed E-state index contributed by atoms with van der Waals surface area (Å²) in [6.45, 7) is 5.27. The Morgan fingerprint density at radius 2 is 2.19 bits per heavy atom. The fourth-order valence-corrected chi connectivity index (χ4v) is 2.27. The average Bonchev–Trinajstić information content (AvgIpc) is 2.94. The monoisotopic (exact) mass is 289 g/mol. The molecule has 1 aliphatic rings. The summed E-state index contributed by atoms with van der Waals surface area (Å²) in [6, 6.07) is 5.87. The van der Waals surface area contributed by atoms with Crippen molar-refractivity contribution in [2.45, 2.75) is 39.2 Å². The van der Waals surface area contributed by atoms with Crippen LogP contribution in [0.3, 0.4) is 0 Å². The van der Waals surface area contributed by atoms with Crippen molar-refractivity contribution in [2.75, 3.05) is 18.4 Å². The fraction of sp³-hybridized carbons (Fsp3) is 0.500. The van der Waals surface area contributed by atoms with Gasteiger partial charge in [-0.2, -0.15) is 0 Å². The van der Waals surface area contributed by atoms with Crippen LogP contribution in [0.25, 0.3) is 0 Å². The zero-order chi connectivity index (χ0) is 15.2. The van der Waals surface area contributed by atoms with Crippen LogP contribution in [0, 0.1) is 0 Å². The van der Waals surface area contributed by atoms with Crippen LogP contribution in [0.5, 0.6) is 0 Å². The number of carbonyl (C=O) groups is 2. The van der Waals surface area contributed by atoms with Crippen LogP contribution in [0.2, 0.25) is 0 Å². The predicted octanol–water partition coefficient (Wildman–Crippen LogP) is 1.69. The number of hydrogen-bond donors (Lipinski definition) is 3. The molecular formula is C16H23N3O2. The second-order valence-electron chi connectivity index (χ2n) is 5.43. The number of carbonyl (C=O) groups excluding carboxylic acids is 2. The third-order valence-electron chi connectivity index (χ3n) is 3.74. The molecule has 2 rings (SSSR count). The molecule has 21 heavy (non-hydrogen) atoms. The van der Waals surface area contributed by atoms with Gasteiger partial charge in [0.05, 0.1) is 0 Å². The molecular weight excluding hydrogens is 266 g/mol. The minimum Gasteiger partial charge on any atom is -0.384 e. The highest BCUT2D eigenvalue weighted by molar-refractivity contribution is 5.95. The third kappa shape index (κ3) is 4.21. The Morgan fingerprint density at radius 3 is 2.95 bits per heavy atom. The van der Waals surface area contributed by atoms with Gasteiger partial charge in [0.1, 0.15) is 0 Å². The Labute approximate surface area is 125 Å². The van der Waals surface area contributed by atoms with Crippen molar-refractivity contribution >= 4 is 17.5 Å². The summed E-state index contributed by atoms with van der Waals surface area (Å²) in [5.74, 6) is -0.164. The Bertz CT molecular complexity index is 528. The van der Waals surface area contributed by atoms with E-state index >= 15 is 0 Å².